The lowest BCUT2D eigenvalue weighted by Gasteiger charge is -2.34. The number of amides is 1. The van der Waals surface area contributed by atoms with Gasteiger partial charge in [0.25, 0.3) is 0 Å². The van der Waals surface area contributed by atoms with Crippen LogP contribution >= 0.6 is 0 Å². The maximum atomic E-state index is 12.3. The first-order chi connectivity index (χ1) is 8.91. The Balaban J connectivity index is 2.91. The van der Waals surface area contributed by atoms with E-state index in [2.05, 4.69) is 0 Å². The molecule has 0 aromatic rings. The number of carboxylic acids is 1. The molecular formula is C15H27NO4. The highest BCUT2D eigenvalue weighted by Gasteiger charge is 2.43. The van der Waals surface area contributed by atoms with Gasteiger partial charge in [0.2, 0.25) is 0 Å². The summed E-state index contributed by atoms with van der Waals surface area (Å²) in [4.78, 5) is 25.3. The molecule has 0 spiro atoms. The molecule has 0 bridgehead atoms. The molecule has 1 amide bonds. The molecule has 1 rings (SSSR count). The monoisotopic (exact) mass is 285 g/mol. The SMILES string of the molecule is CC(C)(C)CC(C(=O)O)N(C(=O)OC(C)(C)C)C1CC1. The summed E-state index contributed by atoms with van der Waals surface area (Å²) in [7, 11) is 0. The first-order valence-corrected chi connectivity index (χ1v) is 7.15. The van der Waals surface area contributed by atoms with Crippen LogP contribution in [0, 0.1) is 5.41 Å². The van der Waals surface area contributed by atoms with Crippen molar-refractivity contribution in [2.75, 3.05) is 0 Å². The van der Waals surface area contributed by atoms with Crippen molar-refractivity contribution in [1.29, 1.82) is 0 Å². The zero-order valence-electron chi connectivity index (χ0n) is 13.4. The van der Waals surface area contributed by atoms with Gasteiger partial charge in [-0.3, -0.25) is 4.90 Å². The average Bonchev–Trinajstić information content (AvgIpc) is 2.95. The van der Waals surface area contributed by atoms with Crippen LogP contribution < -0.4 is 0 Å². The molecule has 0 aliphatic heterocycles. The van der Waals surface area contributed by atoms with E-state index in [0.29, 0.717) is 6.42 Å². The number of carbonyl (C=O) groups excluding carboxylic acids is 1. The summed E-state index contributed by atoms with van der Waals surface area (Å²) in [6.07, 6.45) is 1.61. The fraction of sp³-hybridized carbons (Fsp3) is 0.867. The van der Waals surface area contributed by atoms with Gasteiger partial charge in [0.15, 0.2) is 0 Å². The van der Waals surface area contributed by atoms with E-state index >= 15 is 0 Å². The van der Waals surface area contributed by atoms with Crippen LogP contribution in [0.5, 0.6) is 0 Å². The topological polar surface area (TPSA) is 66.8 Å². The number of ether oxygens (including phenoxy) is 1. The fourth-order valence-corrected chi connectivity index (χ4v) is 2.08. The number of hydrogen-bond acceptors (Lipinski definition) is 3. The highest BCUT2D eigenvalue weighted by molar-refractivity contribution is 5.80. The van der Waals surface area contributed by atoms with Gasteiger partial charge < -0.3 is 9.84 Å². The molecule has 1 aliphatic rings. The molecule has 1 saturated carbocycles. The molecule has 1 unspecified atom stereocenters. The Kier molecular flexibility index (Phi) is 4.72. The molecule has 0 aromatic heterocycles. The first-order valence-electron chi connectivity index (χ1n) is 7.15. The van der Waals surface area contributed by atoms with Crippen molar-refractivity contribution >= 4 is 12.1 Å². The van der Waals surface area contributed by atoms with Crippen molar-refractivity contribution in [3.8, 4) is 0 Å². The summed E-state index contributed by atoms with van der Waals surface area (Å²) < 4.78 is 5.37. The molecule has 0 heterocycles. The van der Waals surface area contributed by atoms with E-state index in [1.807, 2.05) is 20.8 Å². The normalized spacial score (nSPS) is 17.5. The summed E-state index contributed by atoms with van der Waals surface area (Å²) in [5.74, 6) is -0.960. The Morgan fingerprint density at radius 3 is 2.00 bits per heavy atom. The molecule has 116 valence electrons. The van der Waals surface area contributed by atoms with Crippen molar-refractivity contribution in [3.63, 3.8) is 0 Å². The lowest BCUT2D eigenvalue weighted by atomic mass is 9.87. The van der Waals surface area contributed by atoms with E-state index in [-0.39, 0.29) is 11.5 Å². The maximum Gasteiger partial charge on any atom is 0.411 e. The molecule has 0 radical (unpaired) electrons. The average molecular weight is 285 g/mol. The standard InChI is InChI=1S/C15H27NO4/c1-14(2,3)9-11(12(17)18)16(10-7-8-10)13(19)20-15(4,5)6/h10-11H,7-9H2,1-6H3,(H,17,18). The lowest BCUT2D eigenvalue weighted by molar-refractivity contribution is -0.144. The van der Waals surface area contributed by atoms with Crippen LogP contribution in [0.25, 0.3) is 0 Å². The van der Waals surface area contributed by atoms with E-state index in [4.69, 9.17) is 4.74 Å². The zero-order chi connectivity index (χ0) is 15.7. The van der Waals surface area contributed by atoms with Gasteiger partial charge in [-0.2, -0.15) is 0 Å². The molecule has 0 aromatic carbocycles. The third kappa shape index (κ3) is 5.39. The molecule has 1 aliphatic carbocycles. The van der Waals surface area contributed by atoms with Gasteiger partial charge in [-0.25, -0.2) is 9.59 Å². The molecule has 5 nitrogen and oxygen atoms in total. The van der Waals surface area contributed by atoms with Gasteiger partial charge in [-0.1, -0.05) is 20.8 Å². The van der Waals surface area contributed by atoms with Crippen LogP contribution in [0.15, 0.2) is 0 Å². The predicted molar refractivity (Wildman–Crippen MR) is 76.6 cm³/mol. The number of carboxylic acid groups (broad SMARTS) is 1. The molecule has 20 heavy (non-hydrogen) atoms. The third-order valence-electron chi connectivity index (χ3n) is 2.97. The van der Waals surface area contributed by atoms with E-state index in [1.165, 1.54) is 4.90 Å². The van der Waals surface area contributed by atoms with Crippen molar-refractivity contribution in [2.24, 2.45) is 5.41 Å². The zero-order valence-corrected chi connectivity index (χ0v) is 13.4. The molecule has 1 N–H and O–H groups in total. The molecule has 0 saturated heterocycles. The van der Waals surface area contributed by atoms with Gasteiger partial charge in [0.05, 0.1) is 0 Å². The summed E-state index contributed by atoms with van der Waals surface area (Å²) >= 11 is 0. The van der Waals surface area contributed by atoms with Crippen LogP contribution in [0.3, 0.4) is 0 Å². The lowest BCUT2D eigenvalue weighted by Crippen LogP contribution is -2.49. The summed E-state index contributed by atoms with van der Waals surface area (Å²) in [5, 5.41) is 9.48. The van der Waals surface area contributed by atoms with Gasteiger partial charge in [0.1, 0.15) is 11.6 Å². The summed E-state index contributed by atoms with van der Waals surface area (Å²) in [5.41, 5.74) is -0.785. The highest BCUT2D eigenvalue weighted by Crippen LogP contribution is 2.34. The maximum absolute atomic E-state index is 12.3. The Morgan fingerprint density at radius 2 is 1.70 bits per heavy atom. The van der Waals surface area contributed by atoms with Gasteiger partial charge in [0, 0.05) is 6.04 Å². The number of aliphatic carboxylic acids is 1. The van der Waals surface area contributed by atoms with Crippen LogP contribution in [0.2, 0.25) is 0 Å². The van der Waals surface area contributed by atoms with E-state index < -0.39 is 23.7 Å². The highest BCUT2D eigenvalue weighted by atomic mass is 16.6. The van der Waals surface area contributed by atoms with E-state index in [9.17, 15) is 14.7 Å². The summed E-state index contributed by atoms with van der Waals surface area (Å²) in [6.45, 7) is 11.3. The number of hydrogen-bond donors (Lipinski definition) is 1. The van der Waals surface area contributed by atoms with E-state index in [0.717, 1.165) is 12.8 Å². The fourth-order valence-electron chi connectivity index (χ4n) is 2.08. The van der Waals surface area contributed by atoms with Crippen LogP contribution in [-0.2, 0) is 9.53 Å². The van der Waals surface area contributed by atoms with Crippen molar-refractivity contribution in [3.05, 3.63) is 0 Å². The Bertz CT molecular complexity index is 374. The molecular weight excluding hydrogens is 258 g/mol. The van der Waals surface area contributed by atoms with Gasteiger partial charge in [-0.05, 0) is 45.4 Å². The second-order valence-corrected chi connectivity index (χ2v) is 7.74. The van der Waals surface area contributed by atoms with Crippen molar-refractivity contribution in [2.45, 2.75) is 78.5 Å². The van der Waals surface area contributed by atoms with Gasteiger partial charge >= 0.3 is 12.1 Å². The number of rotatable bonds is 4. The van der Waals surface area contributed by atoms with E-state index in [1.54, 1.807) is 20.8 Å². The quantitative estimate of drug-likeness (QED) is 0.860. The Labute approximate surface area is 121 Å². The van der Waals surface area contributed by atoms with Gasteiger partial charge in [-0.15, -0.1) is 0 Å². The molecule has 5 heteroatoms. The number of carbonyl (C=O) groups is 2. The second-order valence-electron chi connectivity index (χ2n) is 7.74. The van der Waals surface area contributed by atoms with Crippen molar-refractivity contribution < 1.29 is 19.4 Å². The Morgan fingerprint density at radius 1 is 1.20 bits per heavy atom. The van der Waals surface area contributed by atoms with Crippen LogP contribution in [0.4, 0.5) is 4.79 Å². The first kappa shape index (κ1) is 16.8. The van der Waals surface area contributed by atoms with Crippen LogP contribution in [0.1, 0.15) is 60.8 Å². The summed E-state index contributed by atoms with van der Waals surface area (Å²) in [6, 6.07) is -0.814. The van der Waals surface area contributed by atoms with Crippen LogP contribution in [-0.4, -0.2) is 39.8 Å². The number of nitrogens with zero attached hydrogens (tertiary/aromatic N) is 1. The third-order valence-corrected chi connectivity index (χ3v) is 2.97. The smallest absolute Gasteiger partial charge is 0.411 e. The second kappa shape index (κ2) is 5.62. The molecule has 1 atom stereocenters. The largest absolute Gasteiger partial charge is 0.480 e. The molecule has 1 fully saturated rings. The minimum absolute atomic E-state index is 0.00769. The minimum atomic E-state index is -0.960. The van der Waals surface area contributed by atoms with Crippen molar-refractivity contribution in [1.82, 2.24) is 4.90 Å². The minimum Gasteiger partial charge on any atom is -0.480 e. The Hall–Kier alpha value is -1.26. The predicted octanol–water partition coefficient (Wildman–Crippen LogP) is 3.28.